The molecule has 49 heavy (non-hydrogen) atoms. The molecule has 242 valence electrons. The van der Waals surface area contributed by atoms with Crippen LogP contribution in [0.25, 0.3) is 32.7 Å². The van der Waals surface area contributed by atoms with Gasteiger partial charge in [-0.2, -0.15) is 0 Å². The number of carbonyl (C=O) groups is 2. The van der Waals surface area contributed by atoms with Crippen LogP contribution in [0.2, 0.25) is 0 Å². The molecule has 0 unspecified atom stereocenters. The highest BCUT2D eigenvalue weighted by molar-refractivity contribution is 6.00. The van der Waals surface area contributed by atoms with Crippen LogP contribution in [0, 0.1) is 0 Å². The largest absolute Gasteiger partial charge is 0.490 e. The molecular weight excluding hydrogens is 612 g/mol. The van der Waals surface area contributed by atoms with Crippen molar-refractivity contribution in [1.82, 2.24) is 0 Å². The first-order valence-electron chi connectivity index (χ1n) is 16.1. The number of esters is 2. The van der Waals surface area contributed by atoms with Gasteiger partial charge in [-0.3, -0.25) is 0 Å². The minimum atomic E-state index is -0.672. The molecule has 0 fully saturated rings. The minimum absolute atomic E-state index is 0.128. The molecule has 0 spiro atoms. The molecule has 1 aliphatic rings. The molecule has 0 aliphatic heterocycles. The fraction of sp³-hybridized carbons (Fsp3) is 0.116. The maximum absolute atomic E-state index is 11.4. The van der Waals surface area contributed by atoms with E-state index in [1.165, 1.54) is 33.0 Å². The van der Waals surface area contributed by atoms with Crippen molar-refractivity contribution in [1.29, 1.82) is 0 Å². The van der Waals surface area contributed by atoms with Gasteiger partial charge in [-0.25, -0.2) is 9.59 Å². The zero-order valence-electron chi connectivity index (χ0n) is 26.9. The average molecular weight is 647 g/mol. The Balaban J connectivity index is 1.36. The van der Waals surface area contributed by atoms with E-state index in [9.17, 15) is 9.59 Å². The van der Waals surface area contributed by atoms with E-state index in [-0.39, 0.29) is 26.4 Å². The van der Waals surface area contributed by atoms with Crippen LogP contribution in [0.15, 0.2) is 147 Å². The van der Waals surface area contributed by atoms with Gasteiger partial charge in [0.25, 0.3) is 0 Å². The van der Waals surface area contributed by atoms with Crippen molar-refractivity contribution in [2.45, 2.75) is 5.41 Å². The summed E-state index contributed by atoms with van der Waals surface area (Å²) in [5, 5.41) is 4.67. The van der Waals surface area contributed by atoms with Gasteiger partial charge in [-0.05, 0) is 103 Å². The summed E-state index contributed by atoms with van der Waals surface area (Å²) in [7, 11) is 0. The normalized spacial score (nSPS) is 12.5. The van der Waals surface area contributed by atoms with Crippen LogP contribution in [0.3, 0.4) is 0 Å². The summed E-state index contributed by atoms with van der Waals surface area (Å²) in [5.41, 5.74) is 6.23. The second kappa shape index (κ2) is 13.5. The van der Waals surface area contributed by atoms with Crippen LogP contribution < -0.4 is 9.47 Å². The molecule has 0 N–H and O–H groups in total. The summed E-state index contributed by atoms with van der Waals surface area (Å²) >= 11 is 0. The first-order chi connectivity index (χ1) is 24.0. The number of ether oxygens (including phenoxy) is 4. The molecule has 0 saturated carbocycles. The second-order valence-corrected chi connectivity index (χ2v) is 11.7. The van der Waals surface area contributed by atoms with Crippen molar-refractivity contribution in [2.75, 3.05) is 26.4 Å². The van der Waals surface area contributed by atoms with Gasteiger partial charge in [-0.15, -0.1) is 0 Å². The summed E-state index contributed by atoms with van der Waals surface area (Å²) in [6.07, 6.45) is 2.27. The highest BCUT2D eigenvalue weighted by Gasteiger charge is 2.46. The molecular formula is C43H34O6. The molecule has 1 aliphatic carbocycles. The van der Waals surface area contributed by atoms with E-state index >= 15 is 0 Å². The van der Waals surface area contributed by atoms with Gasteiger partial charge < -0.3 is 18.9 Å². The number of rotatable bonds is 12. The number of fused-ring (bicyclic) bond motifs is 5. The highest BCUT2D eigenvalue weighted by Crippen LogP contribution is 2.58. The summed E-state index contributed by atoms with van der Waals surface area (Å²) in [6.45, 7) is 7.56. The van der Waals surface area contributed by atoms with E-state index in [0.29, 0.717) is 11.5 Å². The Morgan fingerprint density at radius 3 is 1.24 bits per heavy atom. The zero-order valence-corrected chi connectivity index (χ0v) is 26.9. The lowest BCUT2D eigenvalue weighted by Gasteiger charge is -2.34. The Kier molecular flexibility index (Phi) is 8.69. The monoisotopic (exact) mass is 646 g/mol. The Hall–Kier alpha value is -6.14. The summed E-state index contributed by atoms with van der Waals surface area (Å²) in [5.74, 6) is 0.383. The van der Waals surface area contributed by atoms with Crippen LogP contribution in [0.5, 0.6) is 11.5 Å². The number of benzene rings is 6. The predicted octanol–water partition coefficient (Wildman–Crippen LogP) is 8.57. The first kappa shape index (κ1) is 31.5. The Bertz CT molecular complexity index is 2040. The maximum Gasteiger partial charge on any atom is 0.330 e. The zero-order chi connectivity index (χ0) is 33.8. The van der Waals surface area contributed by atoms with Crippen molar-refractivity contribution >= 4 is 33.5 Å². The first-order valence-corrected chi connectivity index (χ1v) is 16.1. The van der Waals surface area contributed by atoms with Crippen molar-refractivity contribution in [3.8, 4) is 22.6 Å². The smallest absolute Gasteiger partial charge is 0.330 e. The molecule has 0 bridgehead atoms. The van der Waals surface area contributed by atoms with Crippen LogP contribution in [-0.2, 0) is 24.5 Å². The van der Waals surface area contributed by atoms with Gasteiger partial charge >= 0.3 is 11.9 Å². The third-order valence-electron chi connectivity index (χ3n) is 8.97. The molecule has 6 nitrogen and oxygen atoms in total. The topological polar surface area (TPSA) is 71.1 Å². The van der Waals surface area contributed by atoms with Crippen LogP contribution in [-0.4, -0.2) is 38.4 Å². The quantitative estimate of drug-likeness (QED) is 0.0753. The molecule has 0 heterocycles. The van der Waals surface area contributed by atoms with Crippen molar-refractivity contribution in [3.05, 3.63) is 169 Å². The van der Waals surface area contributed by atoms with Gasteiger partial charge in [0.1, 0.15) is 37.9 Å². The van der Waals surface area contributed by atoms with Crippen molar-refractivity contribution < 1.29 is 28.5 Å². The molecule has 0 saturated heterocycles. The van der Waals surface area contributed by atoms with E-state index in [4.69, 9.17) is 18.9 Å². The molecule has 0 radical (unpaired) electrons. The van der Waals surface area contributed by atoms with Gasteiger partial charge in [0.05, 0.1) is 5.41 Å². The summed E-state index contributed by atoms with van der Waals surface area (Å²) < 4.78 is 22.0. The predicted molar refractivity (Wildman–Crippen MR) is 192 cm³/mol. The molecule has 0 amide bonds. The number of hydrogen-bond donors (Lipinski definition) is 0. The average Bonchev–Trinajstić information content (AvgIpc) is 3.42. The molecule has 0 aromatic heterocycles. The van der Waals surface area contributed by atoms with Crippen molar-refractivity contribution in [2.24, 2.45) is 0 Å². The maximum atomic E-state index is 11.4. The standard InChI is InChI=1S/C43H34O6/c1-3-41(44)48-23-21-46-35-17-13-33(14-18-35)43(34-15-19-36(20-16-34)47-22-24-49-42(45)4-2)39-27-31-11-7-5-9-29(31)25-37(39)38-26-30-10-6-8-12-32(30)28-40(38)43/h3-20,25-28H,1-2,21-24H2. The third-order valence-corrected chi connectivity index (χ3v) is 8.97. The second-order valence-electron chi connectivity index (χ2n) is 11.7. The Morgan fingerprint density at radius 2 is 0.878 bits per heavy atom. The van der Waals surface area contributed by atoms with Crippen LogP contribution >= 0.6 is 0 Å². The van der Waals surface area contributed by atoms with E-state index in [1.807, 2.05) is 24.3 Å². The minimum Gasteiger partial charge on any atom is -0.490 e. The summed E-state index contributed by atoms with van der Waals surface area (Å²) in [6, 6.07) is 42.5. The van der Waals surface area contributed by atoms with Gasteiger partial charge in [0, 0.05) is 12.2 Å². The van der Waals surface area contributed by atoms with Crippen LogP contribution in [0.1, 0.15) is 22.3 Å². The van der Waals surface area contributed by atoms with E-state index < -0.39 is 17.4 Å². The van der Waals surface area contributed by atoms with E-state index in [2.05, 4.69) is 110 Å². The van der Waals surface area contributed by atoms with E-state index in [0.717, 1.165) is 34.1 Å². The van der Waals surface area contributed by atoms with Gasteiger partial charge in [-0.1, -0.05) is 86.0 Å². The van der Waals surface area contributed by atoms with Crippen molar-refractivity contribution in [3.63, 3.8) is 0 Å². The highest BCUT2D eigenvalue weighted by atomic mass is 16.6. The molecule has 6 aromatic carbocycles. The van der Waals surface area contributed by atoms with Crippen LogP contribution in [0.4, 0.5) is 0 Å². The Labute approximate surface area is 284 Å². The lowest BCUT2D eigenvalue weighted by molar-refractivity contribution is -0.139. The molecule has 7 rings (SSSR count). The molecule has 0 atom stereocenters. The third kappa shape index (κ3) is 5.93. The fourth-order valence-corrected chi connectivity index (χ4v) is 6.80. The lowest BCUT2D eigenvalue weighted by atomic mass is 9.67. The molecule has 6 aromatic rings. The number of carbonyl (C=O) groups excluding carboxylic acids is 2. The van der Waals surface area contributed by atoms with E-state index in [1.54, 1.807) is 0 Å². The fourth-order valence-electron chi connectivity index (χ4n) is 6.80. The summed E-state index contributed by atoms with van der Waals surface area (Å²) in [4.78, 5) is 22.9. The van der Waals surface area contributed by atoms with Gasteiger partial charge in [0.15, 0.2) is 0 Å². The lowest BCUT2D eigenvalue weighted by Crippen LogP contribution is -2.28. The number of hydrogen-bond acceptors (Lipinski definition) is 6. The Morgan fingerprint density at radius 1 is 0.510 bits per heavy atom. The van der Waals surface area contributed by atoms with Gasteiger partial charge in [0.2, 0.25) is 0 Å². The molecule has 6 heteroatoms. The SMILES string of the molecule is C=CC(=O)OCCOc1ccc(C2(c3ccc(OCCOC(=O)C=C)cc3)c3cc4ccccc4cc3-c3cc4ccccc4cc32)cc1.